The van der Waals surface area contributed by atoms with Crippen molar-refractivity contribution in [1.82, 2.24) is 0 Å². The zero-order valence-corrected chi connectivity index (χ0v) is 11.2. The van der Waals surface area contributed by atoms with Crippen LogP contribution in [-0.4, -0.2) is 24.3 Å². The summed E-state index contributed by atoms with van der Waals surface area (Å²) < 4.78 is 0. The third-order valence-electron chi connectivity index (χ3n) is 2.92. The van der Waals surface area contributed by atoms with E-state index in [2.05, 4.69) is 5.32 Å². The van der Waals surface area contributed by atoms with Crippen LogP contribution in [0.3, 0.4) is 0 Å². The van der Waals surface area contributed by atoms with Crippen molar-refractivity contribution in [2.75, 3.05) is 11.9 Å². The minimum absolute atomic E-state index is 0.0948. The monoisotopic (exact) mass is 278 g/mol. The number of nitrogens with one attached hydrogen (secondary N) is 1. The van der Waals surface area contributed by atoms with Crippen LogP contribution in [-0.2, 0) is 4.79 Å². The number of hydrogen-bond acceptors (Lipinski definition) is 4. The number of hydrogen-bond donors (Lipinski definition) is 4. The molecule has 0 saturated heterocycles. The lowest BCUT2D eigenvalue weighted by Gasteiger charge is -2.13. The van der Waals surface area contributed by atoms with Gasteiger partial charge in [-0.2, -0.15) is 0 Å². The lowest BCUT2D eigenvalue weighted by Crippen LogP contribution is -2.29. The van der Waals surface area contributed by atoms with E-state index in [0.717, 1.165) is 0 Å². The molecule has 108 valence electrons. The van der Waals surface area contributed by atoms with Gasteiger partial charge in [-0.3, -0.25) is 14.4 Å². The number of benzene rings is 1. The lowest BCUT2D eigenvalue weighted by molar-refractivity contribution is -0.119. The summed E-state index contributed by atoms with van der Waals surface area (Å²) in [5.41, 5.74) is 16.3. The number of nitrogens with two attached hydrogens (primary N) is 3. The molecular weight excluding hydrogens is 260 g/mol. The first-order chi connectivity index (χ1) is 9.38. The van der Waals surface area contributed by atoms with Gasteiger partial charge >= 0.3 is 0 Å². The molecule has 3 amide bonds. The minimum Gasteiger partial charge on any atom is -0.366 e. The third kappa shape index (κ3) is 3.79. The van der Waals surface area contributed by atoms with Crippen LogP contribution in [0.1, 0.15) is 34.1 Å². The first kappa shape index (κ1) is 15.6. The summed E-state index contributed by atoms with van der Waals surface area (Å²) in [6.07, 6.45) is 0.584. The molecule has 7 nitrogen and oxygen atoms in total. The maximum absolute atomic E-state index is 11.9. The Morgan fingerprint density at radius 3 is 1.95 bits per heavy atom. The summed E-state index contributed by atoms with van der Waals surface area (Å²) in [6.45, 7) is 2.05. The van der Waals surface area contributed by atoms with E-state index in [4.69, 9.17) is 17.2 Å². The van der Waals surface area contributed by atoms with Gasteiger partial charge < -0.3 is 22.5 Å². The van der Waals surface area contributed by atoms with Gasteiger partial charge in [-0.25, -0.2) is 0 Å². The molecule has 7 N–H and O–H groups in total. The van der Waals surface area contributed by atoms with E-state index >= 15 is 0 Å². The summed E-state index contributed by atoms with van der Waals surface area (Å²) in [7, 11) is 0. The van der Waals surface area contributed by atoms with Crippen LogP contribution in [0.25, 0.3) is 0 Å². The average Bonchev–Trinajstić information content (AvgIpc) is 2.39. The third-order valence-corrected chi connectivity index (χ3v) is 2.92. The predicted molar refractivity (Wildman–Crippen MR) is 74.9 cm³/mol. The number of anilines is 1. The fraction of sp³-hybridized carbons (Fsp3) is 0.308. The second kappa shape index (κ2) is 6.67. The van der Waals surface area contributed by atoms with Gasteiger partial charge in [0.2, 0.25) is 17.7 Å². The van der Waals surface area contributed by atoms with Crippen LogP contribution >= 0.6 is 0 Å². The van der Waals surface area contributed by atoms with E-state index in [1.54, 1.807) is 0 Å². The largest absolute Gasteiger partial charge is 0.366 e. The Labute approximate surface area is 116 Å². The smallest absolute Gasteiger partial charge is 0.248 e. The van der Waals surface area contributed by atoms with Crippen LogP contribution < -0.4 is 22.5 Å². The van der Waals surface area contributed by atoms with Gasteiger partial charge in [-0.1, -0.05) is 6.92 Å². The van der Waals surface area contributed by atoms with Crippen LogP contribution in [0.2, 0.25) is 0 Å². The average molecular weight is 278 g/mol. The summed E-state index contributed by atoms with van der Waals surface area (Å²) in [5, 5.41) is 2.60. The van der Waals surface area contributed by atoms with E-state index in [0.29, 0.717) is 6.42 Å². The molecule has 0 aliphatic heterocycles. The van der Waals surface area contributed by atoms with E-state index in [1.165, 1.54) is 18.2 Å². The van der Waals surface area contributed by atoms with E-state index in [1.807, 2.05) is 6.92 Å². The van der Waals surface area contributed by atoms with Gasteiger partial charge in [0.05, 0.1) is 5.92 Å². The topological polar surface area (TPSA) is 141 Å². The Hall–Kier alpha value is -2.41. The number of rotatable bonds is 6. The van der Waals surface area contributed by atoms with Crippen molar-refractivity contribution < 1.29 is 14.4 Å². The highest BCUT2D eigenvalue weighted by molar-refractivity contribution is 6.02. The maximum Gasteiger partial charge on any atom is 0.248 e. The number of carbonyl (C=O) groups excluding carboxylic acids is 3. The molecule has 1 atom stereocenters. The molecule has 0 aromatic heterocycles. The van der Waals surface area contributed by atoms with Crippen molar-refractivity contribution in [2.24, 2.45) is 23.1 Å². The molecule has 0 fully saturated rings. The van der Waals surface area contributed by atoms with Gasteiger partial charge in [0.25, 0.3) is 0 Å². The Morgan fingerprint density at radius 2 is 1.60 bits per heavy atom. The predicted octanol–water partition coefficient (Wildman–Crippen LogP) is -0.192. The first-order valence-electron chi connectivity index (χ1n) is 6.14. The molecule has 0 bridgehead atoms. The second-order valence-corrected chi connectivity index (χ2v) is 4.36. The molecule has 0 spiro atoms. The number of amides is 3. The second-order valence-electron chi connectivity index (χ2n) is 4.36. The van der Waals surface area contributed by atoms with Gasteiger partial charge in [0.1, 0.15) is 0 Å². The highest BCUT2D eigenvalue weighted by atomic mass is 16.2. The molecule has 0 aliphatic carbocycles. The Morgan fingerprint density at radius 1 is 1.10 bits per heavy atom. The van der Waals surface area contributed by atoms with E-state index in [-0.39, 0.29) is 35.2 Å². The molecular formula is C13H18N4O3. The van der Waals surface area contributed by atoms with Crippen molar-refractivity contribution in [1.29, 1.82) is 0 Å². The Balaban J connectivity index is 3.08. The zero-order chi connectivity index (χ0) is 15.3. The molecule has 0 saturated carbocycles. The fourth-order valence-electron chi connectivity index (χ4n) is 1.69. The summed E-state index contributed by atoms with van der Waals surface area (Å²) in [4.78, 5) is 34.3. The standard InChI is InChI=1S/C13H18N4O3/c1-2-7(6-14)13(20)17-10-4-8(11(15)18)3-9(5-10)12(16)19/h3-5,7H,2,6,14H2,1H3,(H2,15,18)(H2,16,19)(H,17,20). The van der Waals surface area contributed by atoms with E-state index in [9.17, 15) is 14.4 Å². The van der Waals surface area contributed by atoms with Gasteiger partial charge in [-0.05, 0) is 24.6 Å². The SMILES string of the molecule is CCC(CN)C(=O)Nc1cc(C(N)=O)cc(C(N)=O)c1. The van der Waals surface area contributed by atoms with E-state index < -0.39 is 11.8 Å². The summed E-state index contributed by atoms with van der Waals surface area (Å²) in [6, 6.07) is 4.05. The quantitative estimate of drug-likeness (QED) is 0.572. The lowest BCUT2D eigenvalue weighted by atomic mass is 10.0. The molecule has 20 heavy (non-hydrogen) atoms. The van der Waals surface area contributed by atoms with Gasteiger partial charge in [-0.15, -0.1) is 0 Å². The van der Waals surface area contributed by atoms with Gasteiger partial charge in [0, 0.05) is 23.4 Å². The molecule has 1 rings (SSSR count). The maximum atomic E-state index is 11.9. The van der Waals surface area contributed by atoms with Crippen molar-refractivity contribution in [3.05, 3.63) is 29.3 Å². The van der Waals surface area contributed by atoms with Crippen LogP contribution in [0, 0.1) is 5.92 Å². The van der Waals surface area contributed by atoms with Crippen LogP contribution in [0.15, 0.2) is 18.2 Å². The zero-order valence-electron chi connectivity index (χ0n) is 11.2. The molecule has 0 radical (unpaired) electrons. The van der Waals surface area contributed by atoms with Crippen molar-refractivity contribution in [2.45, 2.75) is 13.3 Å². The normalized spacial score (nSPS) is 11.7. The summed E-state index contributed by atoms with van der Waals surface area (Å²) >= 11 is 0. The highest BCUT2D eigenvalue weighted by Gasteiger charge is 2.16. The molecule has 0 heterocycles. The number of primary amides is 2. The Bertz CT molecular complexity index is 506. The molecule has 1 aromatic rings. The molecule has 0 aliphatic rings. The van der Waals surface area contributed by atoms with Crippen molar-refractivity contribution in [3.8, 4) is 0 Å². The highest BCUT2D eigenvalue weighted by Crippen LogP contribution is 2.16. The fourth-order valence-corrected chi connectivity index (χ4v) is 1.69. The minimum atomic E-state index is -0.713. The first-order valence-corrected chi connectivity index (χ1v) is 6.14. The van der Waals surface area contributed by atoms with Crippen LogP contribution in [0.4, 0.5) is 5.69 Å². The molecule has 7 heteroatoms. The van der Waals surface area contributed by atoms with Crippen LogP contribution in [0.5, 0.6) is 0 Å². The number of carbonyl (C=O) groups is 3. The van der Waals surface area contributed by atoms with Crippen molar-refractivity contribution in [3.63, 3.8) is 0 Å². The Kier molecular flexibility index (Phi) is 5.22. The van der Waals surface area contributed by atoms with Gasteiger partial charge in [0.15, 0.2) is 0 Å². The van der Waals surface area contributed by atoms with Crippen molar-refractivity contribution >= 4 is 23.4 Å². The molecule has 1 aromatic carbocycles. The summed E-state index contributed by atoms with van der Waals surface area (Å²) in [5.74, 6) is -2.06. The molecule has 1 unspecified atom stereocenters.